The van der Waals surface area contributed by atoms with Crippen molar-refractivity contribution in [2.24, 2.45) is 5.73 Å². The van der Waals surface area contributed by atoms with E-state index in [1.807, 2.05) is 43.3 Å². The van der Waals surface area contributed by atoms with Crippen molar-refractivity contribution >= 4 is 27.7 Å². The zero-order valence-corrected chi connectivity index (χ0v) is 13.0. The maximum atomic E-state index is 13.7. The van der Waals surface area contributed by atoms with Gasteiger partial charge >= 0.3 is 0 Å². The molecule has 100 valence electrons. The number of halogens is 2. The molecular weight excluding hydrogens is 325 g/mol. The van der Waals surface area contributed by atoms with E-state index in [2.05, 4.69) is 15.9 Å². The van der Waals surface area contributed by atoms with Crippen LogP contribution in [0, 0.1) is 5.82 Å². The molecule has 0 aliphatic carbocycles. The van der Waals surface area contributed by atoms with E-state index in [1.165, 1.54) is 6.07 Å². The quantitative estimate of drug-likeness (QED) is 0.801. The molecule has 4 heteroatoms. The van der Waals surface area contributed by atoms with Crippen molar-refractivity contribution in [1.29, 1.82) is 0 Å². The summed E-state index contributed by atoms with van der Waals surface area (Å²) >= 11 is 4.87. The minimum absolute atomic E-state index is 0.0444. The molecule has 0 aromatic heterocycles. The van der Waals surface area contributed by atoms with Crippen molar-refractivity contribution in [2.45, 2.75) is 23.6 Å². The van der Waals surface area contributed by atoms with E-state index in [1.54, 1.807) is 11.8 Å². The standard InChI is InChI=1S/C15H15BrFNS/c1-10(18)11-3-6-14(7-4-11)19-9-12-2-5-13(16)8-15(12)17/h2-8,10H,9,18H2,1H3. The van der Waals surface area contributed by atoms with E-state index < -0.39 is 0 Å². The van der Waals surface area contributed by atoms with Gasteiger partial charge < -0.3 is 5.73 Å². The summed E-state index contributed by atoms with van der Waals surface area (Å²) in [5, 5.41) is 0. The smallest absolute Gasteiger partial charge is 0.128 e. The molecule has 0 saturated carbocycles. The SMILES string of the molecule is CC(N)c1ccc(SCc2ccc(Br)cc2F)cc1. The molecule has 1 nitrogen and oxygen atoms in total. The molecule has 2 aromatic rings. The number of rotatable bonds is 4. The third-order valence-corrected chi connectivity index (χ3v) is 4.37. The topological polar surface area (TPSA) is 26.0 Å². The molecule has 2 rings (SSSR count). The average molecular weight is 340 g/mol. The lowest BCUT2D eigenvalue weighted by atomic mass is 10.1. The highest BCUT2D eigenvalue weighted by Gasteiger charge is 2.04. The molecule has 0 aliphatic heterocycles. The maximum Gasteiger partial charge on any atom is 0.128 e. The monoisotopic (exact) mass is 339 g/mol. The fourth-order valence-corrected chi connectivity index (χ4v) is 2.89. The molecule has 0 radical (unpaired) electrons. The Kier molecular flexibility index (Phi) is 5.02. The van der Waals surface area contributed by atoms with Gasteiger partial charge in [0.1, 0.15) is 5.82 Å². The minimum Gasteiger partial charge on any atom is -0.324 e. The second-order valence-corrected chi connectivity index (χ2v) is 6.35. The van der Waals surface area contributed by atoms with E-state index in [0.717, 1.165) is 14.9 Å². The lowest BCUT2D eigenvalue weighted by molar-refractivity contribution is 0.616. The Balaban J connectivity index is 2.02. The van der Waals surface area contributed by atoms with Crippen molar-refractivity contribution in [3.63, 3.8) is 0 Å². The number of hydrogen-bond donors (Lipinski definition) is 1. The number of nitrogens with two attached hydrogens (primary N) is 1. The summed E-state index contributed by atoms with van der Waals surface area (Å²) in [4.78, 5) is 1.12. The molecular formula is C15H15BrFNS. The minimum atomic E-state index is -0.172. The van der Waals surface area contributed by atoms with Gasteiger partial charge in [0.2, 0.25) is 0 Å². The fourth-order valence-electron chi connectivity index (χ4n) is 1.67. The van der Waals surface area contributed by atoms with Gasteiger partial charge in [-0.3, -0.25) is 0 Å². The van der Waals surface area contributed by atoms with Crippen LogP contribution in [0.3, 0.4) is 0 Å². The van der Waals surface area contributed by atoms with E-state index in [-0.39, 0.29) is 11.9 Å². The summed E-state index contributed by atoms with van der Waals surface area (Å²) in [6.07, 6.45) is 0. The second kappa shape index (κ2) is 6.55. The third kappa shape index (κ3) is 4.06. The first-order chi connectivity index (χ1) is 9.06. The van der Waals surface area contributed by atoms with Gasteiger partial charge in [0.15, 0.2) is 0 Å². The normalized spacial score (nSPS) is 12.4. The van der Waals surface area contributed by atoms with Gasteiger partial charge in [-0.25, -0.2) is 4.39 Å². The summed E-state index contributed by atoms with van der Waals surface area (Å²) in [6, 6.07) is 13.3. The molecule has 1 unspecified atom stereocenters. The van der Waals surface area contributed by atoms with Crippen molar-refractivity contribution in [1.82, 2.24) is 0 Å². The molecule has 1 atom stereocenters. The Bertz CT molecular complexity index is 555. The Labute approximate surface area is 125 Å². The molecule has 2 aromatic carbocycles. The average Bonchev–Trinajstić information content (AvgIpc) is 2.38. The van der Waals surface area contributed by atoms with Gasteiger partial charge in [-0.2, -0.15) is 0 Å². The van der Waals surface area contributed by atoms with Crippen molar-refractivity contribution in [3.05, 3.63) is 63.9 Å². The highest BCUT2D eigenvalue weighted by atomic mass is 79.9. The van der Waals surface area contributed by atoms with Crippen molar-refractivity contribution in [2.75, 3.05) is 0 Å². The van der Waals surface area contributed by atoms with Crippen molar-refractivity contribution in [3.8, 4) is 0 Å². The summed E-state index contributed by atoms with van der Waals surface area (Å²) in [5.41, 5.74) is 7.62. The van der Waals surface area contributed by atoms with Gasteiger partial charge in [-0.1, -0.05) is 34.1 Å². The molecule has 0 aliphatic rings. The van der Waals surface area contributed by atoms with Crippen LogP contribution < -0.4 is 5.73 Å². The molecule has 0 spiro atoms. The first kappa shape index (κ1) is 14.6. The van der Waals surface area contributed by atoms with Crippen LogP contribution in [0.1, 0.15) is 24.1 Å². The van der Waals surface area contributed by atoms with Gasteiger partial charge in [-0.05, 0) is 42.3 Å². The third-order valence-electron chi connectivity index (χ3n) is 2.82. The zero-order valence-electron chi connectivity index (χ0n) is 10.6. The lowest BCUT2D eigenvalue weighted by Gasteiger charge is -2.07. The van der Waals surface area contributed by atoms with Crippen LogP contribution in [0.2, 0.25) is 0 Å². The Morgan fingerprint density at radius 1 is 1.21 bits per heavy atom. The van der Waals surface area contributed by atoms with Crippen LogP contribution in [-0.4, -0.2) is 0 Å². The van der Waals surface area contributed by atoms with Crippen LogP contribution >= 0.6 is 27.7 Å². The van der Waals surface area contributed by atoms with Crippen LogP contribution in [0.4, 0.5) is 4.39 Å². The summed E-state index contributed by atoms with van der Waals surface area (Å²) < 4.78 is 14.4. The van der Waals surface area contributed by atoms with Gasteiger partial charge in [0, 0.05) is 21.2 Å². The largest absolute Gasteiger partial charge is 0.324 e. The van der Waals surface area contributed by atoms with Crippen LogP contribution in [0.5, 0.6) is 0 Å². The van der Waals surface area contributed by atoms with Gasteiger partial charge in [0.05, 0.1) is 0 Å². The zero-order chi connectivity index (χ0) is 13.8. The second-order valence-electron chi connectivity index (χ2n) is 4.38. The van der Waals surface area contributed by atoms with Crippen LogP contribution in [0.15, 0.2) is 51.8 Å². The first-order valence-corrected chi connectivity index (χ1v) is 7.76. The Hall–Kier alpha value is -0.840. The Morgan fingerprint density at radius 3 is 2.47 bits per heavy atom. The van der Waals surface area contributed by atoms with E-state index in [4.69, 9.17) is 5.73 Å². The molecule has 19 heavy (non-hydrogen) atoms. The predicted molar refractivity (Wildman–Crippen MR) is 82.7 cm³/mol. The molecule has 0 heterocycles. The van der Waals surface area contributed by atoms with Gasteiger partial charge in [0.25, 0.3) is 0 Å². The summed E-state index contributed by atoms with van der Waals surface area (Å²) in [5.74, 6) is 0.450. The molecule has 0 fully saturated rings. The number of hydrogen-bond acceptors (Lipinski definition) is 2. The fraction of sp³-hybridized carbons (Fsp3) is 0.200. The Morgan fingerprint density at radius 2 is 1.89 bits per heavy atom. The molecule has 2 N–H and O–H groups in total. The maximum absolute atomic E-state index is 13.7. The van der Waals surface area contributed by atoms with E-state index >= 15 is 0 Å². The van der Waals surface area contributed by atoms with Crippen LogP contribution in [-0.2, 0) is 5.75 Å². The highest BCUT2D eigenvalue weighted by molar-refractivity contribution is 9.10. The number of thioether (sulfide) groups is 1. The molecule has 0 amide bonds. The molecule has 0 bridgehead atoms. The van der Waals surface area contributed by atoms with Crippen molar-refractivity contribution < 1.29 is 4.39 Å². The van der Waals surface area contributed by atoms with Gasteiger partial charge in [-0.15, -0.1) is 11.8 Å². The predicted octanol–water partition coefficient (Wildman–Crippen LogP) is 4.90. The first-order valence-electron chi connectivity index (χ1n) is 5.98. The van der Waals surface area contributed by atoms with E-state index in [9.17, 15) is 4.39 Å². The number of benzene rings is 2. The summed E-state index contributed by atoms with van der Waals surface area (Å²) in [6.45, 7) is 1.96. The highest BCUT2D eigenvalue weighted by Crippen LogP contribution is 2.26. The summed E-state index contributed by atoms with van der Waals surface area (Å²) in [7, 11) is 0. The molecule has 0 saturated heterocycles. The van der Waals surface area contributed by atoms with E-state index in [0.29, 0.717) is 11.3 Å². The van der Waals surface area contributed by atoms with Crippen LogP contribution in [0.25, 0.3) is 0 Å². The lowest BCUT2D eigenvalue weighted by Crippen LogP contribution is -2.04.